The fraction of sp³-hybridized carbons (Fsp3) is 0.118. The largest absolute Gasteiger partial charge is 0.452 e. The number of imide groups is 1. The van der Waals surface area contributed by atoms with Gasteiger partial charge in [0.15, 0.2) is 6.61 Å². The van der Waals surface area contributed by atoms with E-state index in [2.05, 4.69) is 5.32 Å². The summed E-state index contributed by atoms with van der Waals surface area (Å²) in [5.41, 5.74) is 0.788. The van der Waals surface area contributed by atoms with Crippen LogP contribution >= 0.6 is 0 Å². The number of rotatable bonds is 5. The molecule has 0 atom stereocenters. The van der Waals surface area contributed by atoms with E-state index in [1.807, 2.05) is 0 Å². The molecule has 0 aliphatic heterocycles. The van der Waals surface area contributed by atoms with Crippen LogP contribution in [0.15, 0.2) is 48.7 Å². The average Bonchev–Trinajstić information content (AvgIpc) is 2.97. The van der Waals surface area contributed by atoms with Crippen molar-refractivity contribution in [1.82, 2.24) is 9.88 Å². The van der Waals surface area contributed by atoms with E-state index in [9.17, 15) is 18.8 Å². The molecule has 2 amide bonds. The number of esters is 1. The topological polar surface area (TPSA) is 77.4 Å². The van der Waals surface area contributed by atoms with Gasteiger partial charge in [-0.3, -0.25) is 14.9 Å². The highest BCUT2D eigenvalue weighted by Gasteiger charge is 2.13. The van der Waals surface area contributed by atoms with Crippen LogP contribution in [0.25, 0.3) is 6.08 Å². The van der Waals surface area contributed by atoms with Crippen LogP contribution in [0.1, 0.15) is 16.1 Å². The second-order valence-electron chi connectivity index (χ2n) is 4.88. The molecule has 0 saturated carbocycles. The third-order valence-electron chi connectivity index (χ3n) is 3.04. The number of aryl methyl sites for hydroxylation is 1. The Hall–Kier alpha value is -3.22. The van der Waals surface area contributed by atoms with Gasteiger partial charge in [0.1, 0.15) is 11.5 Å². The molecule has 6 nitrogen and oxygen atoms in total. The van der Waals surface area contributed by atoms with Gasteiger partial charge in [-0.15, -0.1) is 0 Å². The van der Waals surface area contributed by atoms with Gasteiger partial charge in [-0.25, -0.2) is 9.18 Å². The normalized spacial score (nSPS) is 10.6. The second kappa shape index (κ2) is 7.87. The van der Waals surface area contributed by atoms with Crippen molar-refractivity contribution in [2.24, 2.45) is 7.05 Å². The Morgan fingerprint density at radius 2 is 2.04 bits per heavy atom. The number of amides is 2. The summed E-state index contributed by atoms with van der Waals surface area (Å²) in [4.78, 5) is 34.9. The number of carbonyl (C=O) groups is 3. The lowest BCUT2D eigenvalue weighted by Crippen LogP contribution is -2.34. The van der Waals surface area contributed by atoms with Gasteiger partial charge in [0, 0.05) is 19.3 Å². The fourth-order valence-electron chi connectivity index (χ4n) is 1.88. The van der Waals surface area contributed by atoms with Crippen molar-refractivity contribution in [2.75, 3.05) is 6.61 Å². The molecular weight excluding hydrogens is 315 g/mol. The van der Waals surface area contributed by atoms with Crippen LogP contribution in [0.5, 0.6) is 0 Å². The highest BCUT2D eigenvalue weighted by Crippen LogP contribution is 2.05. The number of aromatic nitrogens is 1. The number of nitrogens with one attached hydrogen (secondary N) is 1. The van der Waals surface area contributed by atoms with Crippen molar-refractivity contribution in [3.63, 3.8) is 0 Å². The molecule has 24 heavy (non-hydrogen) atoms. The van der Waals surface area contributed by atoms with Crippen LogP contribution in [0.2, 0.25) is 0 Å². The van der Waals surface area contributed by atoms with Crippen LogP contribution in [0.3, 0.4) is 0 Å². The lowest BCUT2D eigenvalue weighted by atomic mass is 10.2. The van der Waals surface area contributed by atoms with Gasteiger partial charge >= 0.3 is 5.97 Å². The summed E-state index contributed by atoms with van der Waals surface area (Å²) in [6.07, 6.45) is 4.09. The van der Waals surface area contributed by atoms with Crippen molar-refractivity contribution < 1.29 is 23.5 Å². The molecule has 0 aliphatic carbocycles. The monoisotopic (exact) mass is 330 g/mol. The van der Waals surface area contributed by atoms with Crippen LogP contribution in [-0.2, 0) is 21.4 Å². The zero-order chi connectivity index (χ0) is 17.5. The summed E-state index contributed by atoms with van der Waals surface area (Å²) in [7, 11) is 1.66. The van der Waals surface area contributed by atoms with Crippen LogP contribution < -0.4 is 5.32 Å². The average molecular weight is 330 g/mol. The maximum Gasteiger partial charge on any atom is 0.331 e. The number of hydrogen-bond acceptors (Lipinski definition) is 4. The third kappa shape index (κ3) is 4.91. The molecule has 0 aliphatic rings. The quantitative estimate of drug-likeness (QED) is 0.668. The van der Waals surface area contributed by atoms with Gasteiger partial charge < -0.3 is 9.30 Å². The first-order valence-electron chi connectivity index (χ1n) is 7.01. The molecule has 2 rings (SSSR count). The van der Waals surface area contributed by atoms with E-state index in [1.165, 1.54) is 24.3 Å². The summed E-state index contributed by atoms with van der Waals surface area (Å²) in [5.74, 6) is -2.53. The molecule has 0 spiro atoms. The summed E-state index contributed by atoms with van der Waals surface area (Å²) in [5, 5.41) is 2.11. The SMILES string of the molecule is Cn1cccc1C(=O)NC(=O)COC(=O)/C=C/c1cccc(F)c1. The minimum atomic E-state index is -0.777. The highest BCUT2D eigenvalue weighted by molar-refractivity contribution is 6.04. The molecule has 124 valence electrons. The number of ether oxygens (including phenoxy) is 1. The first-order chi connectivity index (χ1) is 11.5. The maximum absolute atomic E-state index is 13.0. The van der Waals surface area contributed by atoms with Crippen LogP contribution in [0.4, 0.5) is 4.39 Å². The highest BCUT2D eigenvalue weighted by atomic mass is 19.1. The van der Waals surface area contributed by atoms with E-state index in [4.69, 9.17) is 4.74 Å². The number of benzene rings is 1. The van der Waals surface area contributed by atoms with E-state index in [1.54, 1.807) is 36.0 Å². The van der Waals surface area contributed by atoms with E-state index < -0.39 is 30.2 Å². The molecular formula is C17H15FN2O4. The van der Waals surface area contributed by atoms with E-state index >= 15 is 0 Å². The van der Waals surface area contributed by atoms with Crippen molar-refractivity contribution >= 4 is 23.9 Å². The smallest absolute Gasteiger partial charge is 0.331 e. The van der Waals surface area contributed by atoms with Crippen molar-refractivity contribution in [1.29, 1.82) is 0 Å². The van der Waals surface area contributed by atoms with Crippen molar-refractivity contribution in [2.45, 2.75) is 0 Å². The molecule has 2 aromatic rings. The van der Waals surface area contributed by atoms with Gasteiger partial charge in [0.05, 0.1) is 0 Å². The van der Waals surface area contributed by atoms with Gasteiger partial charge in [-0.2, -0.15) is 0 Å². The predicted molar refractivity (Wildman–Crippen MR) is 84.3 cm³/mol. The van der Waals surface area contributed by atoms with Gasteiger partial charge in [-0.05, 0) is 35.9 Å². The number of nitrogens with zero attached hydrogens (tertiary/aromatic N) is 1. The molecule has 1 heterocycles. The molecule has 0 saturated heterocycles. The number of hydrogen-bond donors (Lipinski definition) is 1. The Morgan fingerprint density at radius 1 is 1.25 bits per heavy atom. The summed E-state index contributed by atoms with van der Waals surface area (Å²) in [6, 6.07) is 8.85. The first kappa shape index (κ1) is 17.1. The fourth-order valence-corrected chi connectivity index (χ4v) is 1.88. The molecule has 1 N–H and O–H groups in total. The lowest BCUT2D eigenvalue weighted by molar-refractivity contribution is -0.143. The standard InChI is InChI=1S/C17H15FN2O4/c1-20-9-3-6-14(20)17(23)19-15(21)11-24-16(22)8-7-12-4-2-5-13(18)10-12/h2-10H,11H2,1H3,(H,19,21,23)/b8-7+. The van der Waals surface area contributed by atoms with Gasteiger partial charge in [-0.1, -0.05) is 12.1 Å². The second-order valence-corrected chi connectivity index (χ2v) is 4.88. The molecule has 0 unspecified atom stereocenters. The van der Waals surface area contributed by atoms with E-state index in [0.29, 0.717) is 11.3 Å². The molecule has 0 bridgehead atoms. The van der Waals surface area contributed by atoms with Crippen molar-refractivity contribution in [3.05, 3.63) is 65.7 Å². The zero-order valence-electron chi connectivity index (χ0n) is 12.9. The molecule has 0 radical (unpaired) electrons. The maximum atomic E-state index is 13.0. The molecule has 1 aromatic carbocycles. The Kier molecular flexibility index (Phi) is 5.62. The minimum absolute atomic E-state index is 0.306. The Labute approximate surface area is 137 Å². The summed E-state index contributed by atoms with van der Waals surface area (Å²) in [6.45, 7) is -0.595. The Balaban J connectivity index is 1.80. The Morgan fingerprint density at radius 3 is 2.71 bits per heavy atom. The van der Waals surface area contributed by atoms with Crippen molar-refractivity contribution in [3.8, 4) is 0 Å². The van der Waals surface area contributed by atoms with Gasteiger partial charge in [0.25, 0.3) is 11.8 Å². The zero-order valence-corrected chi connectivity index (χ0v) is 12.9. The van der Waals surface area contributed by atoms with E-state index in [-0.39, 0.29) is 0 Å². The van der Waals surface area contributed by atoms with Gasteiger partial charge in [0.2, 0.25) is 0 Å². The van der Waals surface area contributed by atoms with Crippen LogP contribution in [0, 0.1) is 5.82 Å². The third-order valence-corrected chi connectivity index (χ3v) is 3.04. The molecule has 7 heteroatoms. The molecule has 1 aromatic heterocycles. The summed E-state index contributed by atoms with van der Waals surface area (Å²) < 4.78 is 19.2. The minimum Gasteiger partial charge on any atom is -0.452 e. The lowest BCUT2D eigenvalue weighted by Gasteiger charge is -2.05. The Bertz CT molecular complexity index is 795. The summed E-state index contributed by atoms with van der Waals surface area (Å²) >= 11 is 0. The van der Waals surface area contributed by atoms with Crippen LogP contribution in [-0.4, -0.2) is 29.0 Å². The molecule has 0 fully saturated rings. The first-order valence-corrected chi connectivity index (χ1v) is 7.01. The predicted octanol–water partition coefficient (Wildman–Crippen LogP) is 1.68. The number of carbonyl (C=O) groups excluding carboxylic acids is 3. The number of halogens is 1. The van der Waals surface area contributed by atoms with E-state index in [0.717, 1.165) is 6.08 Å².